The fourth-order valence-electron chi connectivity index (χ4n) is 3.11. The molecule has 1 aromatic carbocycles. The molecule has 7 nitrogen and oxygen atoms in total. The minimum Gasteiger partial charge on any atom is -0.478 e. The molecule has 27 heavy (non-hydrogen) atoms. The van der Waals surface area contributed by atoms with Crippen molar-refractivity contribution in [3.63, 3.8) is 0 Å². The summed E-state index contributed by atoms with van der Waals surface area (Å²) < 4.78 is 28.2. The van der Waals surface area contributed by atoms with Gasteiger partial charge in [0, 0.05) is 19.3 Å². The summed E-state index contributed by atoms with van der Waals surface area (Å²) in [5, 5.41) is 9.27. The van der Waals surface area contributed by atoms with Crippen molar-refractivity contribution in [1.29, 1.82) is 0 Å². The van der Waals surface area contributed by atoms with Gasteiger partial charge in [0.2, 0.25) is 0 Å². The average Bonchev–Trinajstić information content (AvgIpc) is 2.62. The monoisotopic (exact) mass is 389 g/mol. The first-order valence-electron chi connectivity index (χ1n) is 8.84. The zero-order valence-electron chi connectivity index (χ0n) is 15.3. The molecule has 0 spiro atoms. The molecule has 0 saturated carbocycles. The second-order valence-corrected chi connectivity index (χ2v) is 8.67. The van der Waals surface area contributed by atoms with Crippen LogP contribution in [0.3, 0.4) is 0 Å². The lowest BCUT2D eigenvalue weighted by molar-refractivity contribution is 0.0696. The van der Waals surface area contributed by atoms with Crippen molar-refractivity contribution in [2.75, 3.05) is 22.7 Å². The molecule has 8 heteroatoms. The second kappa shape index (κ2) is 7.56. The maximum absolute atomic E-state index is 12.8. The Labute approximate surface area is 159 Å². The fourth-order valence-corrected chi connectivity index (χ4v) is 4.26. The van der Waals surface area contributed by atoms with E-state index in [4.69, 9.17) is 0 Å². The number of nitrogens with zero attached hydrogens (tertiary/aromatic N) is 2. The zero-order valence-corrected chi connectivity index (χ0v) is 16.2. The minimum atomic E-state index is -3.86. The van der Waals surface area contributed by atoms with Crippen LogP contribution in [0.25, 0.3) is 0 Å². The molecule has 1 fully saturated rings. The van der Waals surface area contributed by atoms with Crippen LogP contribution in [0, 0.1) is 12.8 Å². The van der Waals surface area contributed by atoms with Crippen molar-refractivity contribution in [3.8, 4) is 0 Å². The zero-order chi connectivity index (χ0) is 19.6. The van der Waals surface area contributed by atoms with Crippen LogP contribution in [0.2, 0.25) is 0 Å². The lowest BCUT2D eigenvalue weighted by Gasteiger charge is -2.32. The number of hydrogen-bond acceptors (Lipinski definition) is 5. The molecule has 0 bridgehead atoms. The third-order valence-electron chi connectivity index (χ3n) is 4.74. The highest BCUT2D eigenvalue weighted by Gasteiger charge is 2.24. The van der Waals surface area contributed by atoms with Gasteiger partial charge in [0.05, 0.1) is 16.1 Å². The van der Waals surface area contributed by atoms with Gasteiger partial charge in [0.1, 0.15) is 0 Å². The topological polar surface area (TPSA) is 99.6 Å². The number of aromatic carboxylic acids is 1. The molecule has 0 radical (unpaired) electrons. The number of hydrogen-bond donors (Lipinski definition) is 2. The molecule has 1 aliphatic rings. The summed E-state index contributed by atoms with van der Waals surface area (Å²) >= 11 is 0. The van der Waals surface area contributed by atoms with E-state index in [-0.39, 0.29) is 16.1 Å². The van der Waals surface area contributed by atoms with E-state index in [1.807, 2.05) is 17.9 Å². The lowest BCUT2D eigenvalue weighted by atomic mass is 9.99. The number of benzene rings is 1. The molecule has 0 unspecified atom stereocenters. The van der Waals surface area contributed by atoms with E-state index >= 15 is 0 Å². The highest BCUT2D eigenvalue weighted by atomic mass is 32.2. The largest absolute Gasteiger partial charge is 0.478 e. The summed E-state index contributed by atoms with van der Waals surface area (Å²) in [6, 6.07) is 7.88. The van der Waals surface area contributed by atoms with Crippen molar-refractivity contribution in [2.24, 2.45) is 5.92 Å². The molecule has 1 aliphatic heterocycles. The van der Waals surface area contributed by atoms with Gasteiger partial charge in [-0.15, -0.1) is 0 Å². The Hall–Kier alpha value is -2.61. The van der Waals surface area contributed by atoms with Crippen LogP contribution < -0.4 is 9.62 Å². The maximum atomic E-state index is 12.8. The van der Waals surface area contributed by atoms with E-state index < -0.39 is 16.0 Å². The van der Waals surface area contributed by atoms with E-state index in [9.17, 15) is 18.3 Å². The average molecular weight is 389 g/mol. The summed E-state index contributed by atoms with van der Waals surface area (Å²) in [7, 11) is -3.86. The SMILES string of the molecule is Cc1cccc(S(=O)(=O)Nc2cc(C(=O)O)cnc2N2CCC(C)CC2)c1. The third-order valence-corrected chi connectivity index (χ3v) is 6.10. The first kappa shape index (κ1) is 19.2. The van der Waals surface area contributed by atoms with Crippen LogP contribution in [-0.4, -0.2) is 37.6 Å². The number of pyridine rings is 1. The van der Waals surface area contributed by atoms with E-state index in [1.54, 1.807) is 12.1 Å². The van der Waals surface area contributed by atoms with E-state index in [2.05, 4.69) is 16.6 Å². The summed E-state index contributed by atoms with van der Waals surface area (Å²) in [6.45, 7) is 5.49. The number of sulfonamides is 1. The molecule has 0 atom stereocenters. The summed E-state index contributed by atoms with van der Waals surface area (Å²) in [5.74, 6) is -0.0903. The minimum absolute atomic E-state index is 0.0638. The number of carboxylic acid groups (broad SMARTS) is 1. The van der Waals surface area contributed by atoms with Gasteiger partial charge in [0.15, 0.2) is 5.82 Å². The molecule has 1 saturated heterocycles. The van der Waals surface area contributed by atoms with Gasteiger partial charge in [-0.2, -0.15) is 0 Å². The summed E-state index contributed by atoms with van der Waals surface area (Å²) in [6.07, 6.45) is 3.22. The molecule has 0 aliphatic carbocycles. The predicted octanol–water partition coefficient (Wildman–Crippen LogP) is 3.13. The quantitative estimate of drug-likeness (QED) is 0.815. The number of carbonyl (C=O) groups is 1. The van der Waals surface area contributed by atoms with Crippen LogP contribution in [-0.2, 0) is 10.0 Å². The van der Waals surface area contributed by atoms with Gasteiger partial charge in [-0.25, -0.2) is 18.2 Å². The van der Waals surface area contributed by atoms with Crippen molar-refractivity contribution in [2.45, 2.75) is 31.6 Å². The molecular formula is C19H23N3O4S. The Kier molecular flexibility index (Phi) is 5.36. The van der Waals surface area contributed by atoms with Gasteiger partial charge in [0.25, 0.3) is 10.0 Å². The van der Waals surface area contributed by atoms with E-state index in [0.717, 1.165) is 31.5 Å². The molecule has 144 valence electrons. The molecule has 1 aromatic heterocycles. The number of nitrogens with one attached hydrogen (secondary N) is 1. The smallest absolute Gasteiger partial charge is 0.337 e. The molecule has 0 amide bonds. The fraction of sp³-hybridized carbons (Fsp3) is 0.368. The Bertz CT molecular complexity index is 951. The number of rotatable bonds is 5. The molecule has 2 aromatic rings. The Morgan fingerprint density at radius 3 is 2.59 bits per heavy atom. The third kappa shape index (κ3) is 4.39. The van der Waals surface area contributed by atoms with Crippen molar-refractivity contribution < 1.29 is 18.3 Å². The normalized spacial score (nSPS) is 15.6. The first-order valence-corrected chi connectivity index (χ1v) is 10.3. The van der Waals surface area contributed by atoms with Crippen molar-refractivity contribution in [3.05, 3.63) is 47.7 Å². The number of aromatic nitrogens is 1. The van der Waals surface area contributed by atoms with Gasteiger partial charge >= 0.3 is 5.97 Å². The maximum Gasteiger partial charge on any atom is 0.337 e. The van der Waals surface area contributed by atoms with Gasteiger partial charge in [-0.1, -0.05) is 19.1 Å². The number of piperidine rings is 1. The number of carboxylic acids is 1. The van der Waals surface area contributed by atoms with E-state index in [0.29, 0.717) is 11.7 Å². The van der Waals surface area contributed by atoms with Crippen LogP contribution in [0.1, 0.15) is 35.7 Å². The van der Waals surface area contributed by atoms with Gasteiger partial charge in [-0.05, 0) is 49.4 Å². The number of anilines is 2. The lowest BCUT2D eigenvalue weighted by Crippen LogP contribution is -2.34. The molecule has 2 N–H and O–H groups in total. The van der Waals surface area contributed by atoms with Crippen LogP contribution >= 0.6 is 0 Å². The number of aryl methyl sites for hydroxylation is 1. The first-order chi connectivity index (χ1) is 12.8. The molecular weight excluding hydrogens is 366 g/mol. The van der Waals surface area contributed by atoms with Gasteiger partial charge in [-0.3, -0.25) is 4.72 Å². The standard InChI is InChI=1S/C19H23N3O4S/c1-13-6-8-22(9-7-13)18-17(11-15(12-20-18)19(23)24)21-27(25,26)16-5-3-4-14(2)10-16/h3-5,10-13,21H,6-9H2,1-2H3,(H,23,24). The van der Waals surface area contributed by atoms with Gasteiger partial charge < -0.3 is 10.0 Å². The van der Waals surface area contributed by atoms with Crippen molar-refractivity contribution >= 4 is 27.5 Å². The Morgan fingerprint density at radius 1 is 1.26 bits per heavy atom. The second-order valence-electron chi connectivity index (χ2n) is 6.99. The molecule has 3 rings (SSSR count). The molecule has 2 heterocycles. The predicted molar refractivity (Wildman–Crippen MR) is 104 cm³/mol. The highest BCUT2D eigenvalue weighted by Crippen LogP contribution is 2.30. The summed E-state index contributed by atoms with van der Waals surface area (Å²) in [4.78, 5) is 17.7. The van der Waals surface area contributed by atoms with Crippen LogP contribution in [0.5, 0.6) is 0 Å². The Morgan fingerprint density at radius 2 is 1.96 bits per heavy atom. The van der Waals surface area contributed by atoms with Crippen LogP contribution in [0.15, 0.2) is 41.4 Å². The summed E-state index contributed by atoms with van der Waals surface area (Å²) in [5.41, 5.74) is 0.942. The van der Waals surface area contributed by atoms with E-state index in [1.165, 1.54) is 18.3 Å². The highest BCUT2D eigenvalue weighted by molar-refractivity contribution is 7.92. The van der Waals surface area contributed by atoms with Crippen molar-refractivity contribution in [1.82, 2.24) is 4.98 Å². The van der Waals surface area contributed by atoms with Crippen LogP contribution in [0.4, 0.5) is 11.5 Å². The Balaban J connectivity index is 1.99.